The lowest BCUT2D eigenvalue weighted by Gasteiger charge is -2.34. The highest BCUT2D eigenvalue weighted by atomic mass is 19.1. The van der Waals surface area contributed by atoms with Crippen molar-refractivity contribution in [2.24, 2.45) is 5.92 Å². The third-order valence-corrected chi connectivity index (χ3v) is 5.55. The smallest absolute Gasteiger partial charge is 0.226 e. The topological polar surface area (TPSA) is 38.1 Å². The largest absolute Gasteiger partial charge is 0.340 e. The van der Waals surface area contributed by atoms with Gasteiger partial charge in [0.2, 0.25) is 5.91 Å². The predicted molar refractivity (Wildman–Crippen MR) is 93.7 cm³/mol. The first kappa shape index (κ1) is 16.3. The van der Waals surface area contributed by atoms with Gasteiger partial charge in [-0.25, -0.2) is 9.37 Å². The average molecular weight is 341 g/mol. The van der Waals surface area contributed by atoms with Gasteiger partial charge in [0.15, 0.2) is 0 Å². The van der Waals surface area contributed by atoms with Gasteiger partial charge in [-0.3, -0.25) is 4.79 Å². The summed E-state index contributed by atoms with van der Waals surface area (Å²) in [6, 6.07) is 7.00. The van der Waals surface area contributed by atoms with E-state index in [2.05, 4.69) is 16.5 Å². The Balaban J connectivity index is 1.43. The number of aryl methyl sites for hydroxylation is 1. The first-order valence-corrected chi connectivity index (χ1v) is 9.23. The number of hydrogen-bond acceptors (Lipinski definition) is 2. The summed E-state index contributed by atoms with van der Waals surface area (Å²) >= 11 is 0. The molecular weight excluding hydrogens is 317 g/mol. The maximum Gasteiger partial charge on any atom is 0.226 e. The third kappa shape index (κ3) is 3.20. The summed E-state index contributed by atoms with van der Waals surface area (Å²) < 4.78 is 15.6. The molecule has 25 heavy (non-hydrogen) atoms. The molecule has 1 aliphatic heterocycles. The van der Waals surface area contributed by atoms with Crippen molar-refractivity contribution in [1.82, 2.24) is 14.5 Å². The number of carbonyl (C=O) groups is 1. The minimum absolute atomic E-state index is 0.0222. The van der Waals surface area contributed by atoms with E-state index >= 15 is 0 Å². The van der Waals surface area contributed by atoms with Crippen LogP contribution in [0.5, 0.6) is 0 Å². The van der Waals surface area contributed by atoms with Crippen molar-refractivity contribution < 1.29 is 9.18 Å². The van der Waals surface area contributed by atoms with Crippen LogP contribution in [0, 0.1) is 11.7 Å². The van der Waals surface area contributed by atoms with Gasteiger partial charge in [0.1, 0.15) is 11.6 Å². The Bertz CT molecular complexity index is 772. The summed E-state index contributed by atoms with van der Waals surface area (Å²) in [5.74, 6) is 1.30. The first-order valence-electron chi connectivity index (χ1n) is 9.23. The van der Waals surface area contributed by atoms with Gasteiger partial charge in [0.05, 0.1) is 6.04 Å². The first-order chi connectivity index (χ1) is 12.2. The number of likely N-dealkylation sites (tertiary alicyclic amines) is 1. The molecule has 0 N–H and O–H groups in total. The van der Waals surface area contributed by atoms with Crippen LogP contribution in [-0.4, -0.2) is 33.4 Å². The molecule has 2 fully saturated rings. The Kier molecular flexibility index (Phi) is 4.32. The summed E-state index contributed by atoms with van der Waals surface area (Å²) in [4.78, 5) is 19.3. The van der Waals surface area contributed by atoms with Crippen LogP contribution in [0.4, 0.5) is 4.39 Å². The minimum atomic E-state index is -0.221. The number of aromatic nitrogens is 2. The van der Waals surface area contributed by atoms with Crippen molar-refractivity contribution in [1.29, 1.82) is 0 Å². The number of halogens is 1. The van der Waals surface area contributed by atoms with E-state index in [1.165, 1.54) is 6.07 Å². The number of imidazole rings is 1. The van der Waals surface area contributed by atoms with E-state index in [9.17, 15) is 9.18 Å². The SMILES string of the molecule is CCc1nccn1[C@@H]1CCCN(C(=O)[C@H]2C[C@H]2c2cccc(F)c2)C1. The molecular formula is C20H24FN3O. The second kappa shape index (κ2) is 6.62. The van der Waals surface area contributed by atoms with E-state index in [0.29, 0.717) is 6.04 Å². The van der Waals surface area contributed by atoms with Crippen LogP contribution in [0.25, 0.3) is 0 Å². The summed E-state index contributed by atoms with van der Waals surface area (Å²) in [6.45, 7) is 3.70. The molecule has 0 spiro atoms. The summed E-state index contributed by atoms with van der Waals surface area (Å²) in [5, 5.41) is 0. The molecule has 0 radical (unpaired) electrons. The fourth-order valence-corrected chi connectivity index (χ4v) is 4.14. The third-order valence-electron chi connectivity index (χ3n) is 5.55. The van der Waals surface area contributed by atoms with Gasteiger partial charge in [-0.15, -0.1) is 0 Å². The van der Waals surface area contributed by atoms with Gasteiger partial charge in [-0.05, 0) is 42.9 Å². The molecule has 0 bridgehead atoms. The number of hydrogen-bond donors (Lipinski definition) is 0. The van der Waals surface area contributed by atoms with E-state index in [1.807, 2.05) is 23.4 Å². The van der Waals surface area contributed by atoms with Gasteiger partial charge in [0.25, 0.3) is 0 Å². The van der Waals surface area contributed by atoms with Crippen molar-refractivity contribution in [3.63, 3.8) is 0 Å². The van der Waals surface area contributed by atoms with Crippen LogP contribution in [0.2, 0.25) is 0 Å². The van der Waals surface area contributed by atoms with Crippen molar-refractivity contribution in [3.05, 3.63) is 53.9 Å². The number of nitrogens with zero attached hydrogens (tertiary/aromatic N) is 3. The lowest BCUT2D eigenvalue weighted by Crippen LogP contribution is -2.41. The molecule has 2 aliphatic rings. The lowest BCUT2D eigenvalue weighted by atomic mass is 10.0. The fraction of sp³-hybridized carbons (Fsp3) is 0.500. The predicted octanol–water partition coefficient (Wildman–Crippen LogP) is 3.55. The molecule has 1 saturated heterocycles. The zero-order valence-electron chi connectivity index (χ0n) is 14.6. The highest BCUT2D eigenvalue weighted by Gasteiger charge is 2.46. The summed E-state index contributed by atoms with van der Waals surface area (Å²) in [5.41, 5.74) is 0.954. The van der Waals surface area contributed by atoms with Gasteiger partial charge in [-0.1, -0.05) is 19.1 Å². The van der Waals surface area contributed by atoms with Crippen molar-refractivity contribution in [3.8, 4) is 0 Å². The molecule has 1 amide bonds. The standard InChI is InChI=1S/C20H24FN3O/c1-2-19-22-8-10-24(19)16-7-4-9-23(13-16)20(25)18-12-17(18)14-5-3-6-15(21)11-14/h3,5-6,8,10-11,16-18H,2,4,7,9,12-13H2,1H3/t16-,17+,18+/m1/s1. The molecule has 5 heteroatoms. The lowest BCUT2D eigenvalue weighted by molar-refractivity contribution is -0.134. The average Bonchev–Trinajstić information content (AvgIpc) is 3.30. The monoisotopic (exact) mass is 341 g/mol. The second-order valence-electron chi connectivity index (χ2n) is 7.19. The van der Waals surface area contributed by atoms with Gasteiger partial charge in [0, 0.05) is 37.8 Å². The zero-order valence-corrected chi connectivity index (χ0v) is 14.6. The number of benzene rings is 1. The quantitative estimate of drug-likeness (QED) is 0.853. The van der Waals surface area contributed by atoms with Crippen LogP contribution in [0.3, 0.4) is 0 Å². The van der Waals surface area contributed by atoms with Crippen molar-refractivity contribution in [2.75, 3.05) is 13.1 Å². The van der Waals surface area contributed by atoms with Gasteiger partial charge in [-0.2, -0.15) is 0 Å². The molecule has 2 aromatic rings. The summed E-state index contributed by atoms with van der Waals surface area (Å²) in [6.07, 6.45) is 7.74. The Morgan fingerprint density at radius 3 is 3.08 bits per heavy atom. The molecule has 2 heterocycles. The van der Waals surface area contributed by atoms with Gasteiger partial charge >= 0.3 is 0 Å². The Morgan fingerprint density at radius 2 is 2.28 bits per heavy atom. The van der Waals surface area contributed by atoms with Crippen LogP contribution < -0.4 is 0 Å². The number of rotatable bonds is 4. The molecule has 1 aliphatic carbocycles. The Hall–Kier alpha value is -2.17. The zero-order chi connectivity index (χ0) is 17.4. The van der Waals surface area contributed by atoms with E-state index in [4.69, 9.17) is 0 Å². The maximum atomic E-state index is 13.4. The molecule has 132 valence electrons. The fourth-order valence-electron chi connectivity index (χ4n) is 4.14. The molecule has 1 aromatic carbocycles. The van der Waals surface area contributed by atoms with Crippen LogP contribution in [-0.2, 0) is 11.2 Å². The molecule has 4 nitrogen and oxygen atoms in total. The van der Waals surface area contributed by atoms with Gasteiger partial charge < -0.3 is 9.47 Å². The van der Waals surface area contributed by atoms with E-state index < -0.39 is 0 Å². The minimum Gasteiger partial charge on any atom is -0.340 e. The highest BCUT2D eigenvalue weighted by Crippen LogP contribution is 2.49. The normalized spacial score (nSPS) is 25.8. The molecule has 1 saturated carbocycles. The van der Waals surface area contributed by atoms with Crippen LogP contribution in [0.15, 0.2) is 36.7 Å². The van der Waals surface area contributed by atoms with Crippen LogP contribution >= 0.6 is 0 Å². The Morgan fingerprint density at radius 1 is 1.40 bits per heavy atom. The van der Waals surface area contributed by atoms with E-state index in [0.717, 1.165) is 50.2 Å². The molecule has 3 atom stereocenters. The molecule has 1 aromatic heterocycles. The number of amides is 1. The van der Waals surface area contributed by atoms with Crippen LogP contribution in [0.1, 0.15) is 49.5 Å². The molecule has 0 unspecified atom stereocenters. The maximum absolute atomic E-state index is 13.4. The highest BCUT2D eigenvalue weighted by molar-refractivity contribution is 5.83. The van der Waals surface area contributed by atoms with E-state index in [-0.39, 0.29) is 23.6 Å². The number of carbonyl (C=O) groups excluding carboxylic acids is 1. The number of piperidine rings is 1. The van der Waals surface area contributed by atoms with Crippen molar-refractivity contribution in [2.45, 2.75) is 44.6 Å². The molecule has 4 rings (SSSR count). The van der Waals surface area contributed by atoms with Crippen molar-refractivity contribution >= 4 is 5.91 Å². The summed E-state index contributed by atoms with van der Waals surface area (Å²) in [7, 11) is 0. The van der Waals surface area contributed by atoms with E-state index in [1.54, 1.807) is 12.1 Å². The Labute approximate surface area is 147 Å². The second-order valence-corrected chi connectivity index (χ2v) is 7.19.